The Balaban J connectivity index is 1.04. The van der Waals surface area contributed by atoms with Gasteiger partial charge in [-0.3, -0.25) is 14.4 Å². The number of rotatable bonds is 12. The minimum Gasteiger partial charge on any atom is -0.511 e. The fraction of sp³-hybridized carbons (Fsp3) is 0.734. The highest BCUT2D eigenvalue weighted by Crippen LogP contribution is 2.61. The Morgan fingerprint density at radius 1 is 0.767 bits per heavy atom. The zero-order valence-corrected chi connectivity index (χ0v) is 51.9. The molecule has 4 aliphatic carbocycles. The van der Waals surface area contributed by atoms with E-state index in [2.05, 4.69) is 25.2 Å². The third kappa shape index (κ3) is 13.2. The van der Waals surface area contributed by atoms with Crippen LogP contribution in [0.1, 0.15) is 134 Å². The first-order valence-electron chi connectivity index (χ1n) is 30.7. The molecule has 22 heteroatoms. The number of carbonyl (C=O) groups excluding carboxylic acids is 5. The molecule has 9 aliphatic rings. The van der Waals surface area contributed by atoms with Crippen molar-refractivity contribution < 1.29 is 96.5 Å². The van der Waals surface area contributed by atoms with E-state index >= 15 is 4.79 Å². The fourth-order valence-corrected chi connectivity index (χ4v) is 15.6. The molecule has 0 aromatic carbocycles. The Bertz CT molecular complexity index is 2740. The molecule has 2 bridgehead atoms. The normalized spacial score (nSPS) is 47.6. The summed E-state index contributed by atoms with van der Waals surface area (Å²) >= 11 is 0. The van der Waals surface area contributed by atoms with Gasteiger partial charge in [0, 0.05) is 61.8 Å². The number of allylic oxidation sites excluding steroid dienone is 5. The van der Waals surface area contributed by atoms with Crippen LogP contribution in [0.25, 0.3) is 0 Å². The molecule has 86 heavy (non-hydrogen) atoms. The Kier molecular flexibility index (Phi) is 19.9. The van der Waals surface area contributed by atoms with Crippen molar-refractivity contribution in [3.8, 4) is 0 Å². The summed E-state index contributed by atoms with van der Waals surface area (Å²) in [4.78, 5) is 67.9. The molecule has 26 atom stereocenters. The van der Waals surface area contributed by atoms with Crippen LogP contribution in [0, 0.1) is 40.9 Å². The topological polar surface area (TPSA) is 306 Å². The first-order valence-corrected chi connectivity index (χ1v) is 30.7. The number of ketones is 2. The second kappa shape index (κ2) is 26.0. The number of hydrogen-bond acceptors (Lipinski definition) is 21. The zero-order chi connectivity index (χ0) is 62.6. The SMILES string of the molecule is COC(=O)N[C@H]1[C@@H](C)O[C@@H](O[C@H]2C/C=C(/C)[C@@H]3C=C[C@@H]4[C@@H](O[C@H]5C[C@@H](O[C@H]6CC[C@@H](O[C@@H]7C[C@@H](O)[C@@H](O)[C@H](C)O7)[C@H](C)O6)[C@@H](OC(C)=O)[C@H](C)O5)[C@@H](C)C[C@H](C)[C@H]4[C@]3(C)/C(O)=C3/C(=O)O[C@]4(CC(/C=C/C(C)=O)=C[C@H](O)[C@H]4/C=C\2C)C3=O)C[C@]1(C)N. The molecule has 0 radical (unpaired) electrons. The maximum Gasteiger partial charge on any atom is 0.407 e. The van der Waals surface area contributed by atoms with Gasteiger partial charge in [-0.2, -0.15) is 0 Å². The van der Waals surface area contributed by atoms with Crippen molar-refractivity contribution >= 4 is 29.6 Å². The van der Waals surface area contributed by atoms with Crippen molar-refractivity contribution in [2.45, 2.75) is 250 Å². The van der Waals surface area contributed by atoms with Crippen molar-refractivity contribution in [3.63, 3.8) is 0 Å². The average Bonchev–Trinajstić information content (AvgIpc) is 1.33. The summed E-state index contributed by atoms with van der Waals surface area (Å²) in [6.45, 7) is 21.5. The van der Waals surface area contributed by atoms with E-state index in [1.165, 1.54) is 39.2 Å². The number of nitrogens with two attached hydrogens (primary N) is 1. The van der Waals surface area contributed by atoms with Gasteiger partial charge in [-0.15, -0.1) is 0 Å². The van der Waals surface area contributed by atoms with Gasteiger partial charge >= 0.3 is 18.0 Å². The van der Waals surface area contributed by atoms with Crippen LogP contribution in [-0.4, -0.2) is 173 Å². The van der Waals surface area contributed by atoms with E-state index in [9.17, 15) is 39.6 Å². The Hall–Kier alpha value is -4.69. The third-order valence-electron chi connectivity index (χ3n) is 19.9. The molecule has 0 aromatic heterocycles. The van der Waals surface area contributed by atoms with Crippen molar-refractivity contribution in [1.82, 2.24) is 5.32 Å². The maximum atomic E-state index is 15.7. The quantitative estimate of drug-likeness (QED) is 0.0424. The van der Waals surface area contributed by atoms with Crippen LogP contribution in [0.5, 0.6) is 0 Å². The summed E-state index contributed by atoms with van der Waals surface area (Å²) in [6, 6.07) is -0.634. The lowest BCUT2D eigenvalue weighted by Gasteiger charge is -2.56. The van der Waals surface area contributed by atoms with Gasteiger partial charge in [0.1, 0.15) is 23.5 Å². The molecule has 478 valence electrons. The van der Waals surface area contributed by atoms with E-state index in [0.717, 1.165) is 5.57 Å². The Morgan fingerprint density at radius 2 is 1.44 bits per heavy atom. The van der Waals surface area contributed by atoms with E-state index in [1.807, 2.05) is 32.9 Å². The highest BCUT2D eigenvalue weighted by atomic mass is 16.7. The number of Topliss-reactive ketones (excluding diaryl/α,β-unsaturated/α-hetero) is 1. The van der Waals surface area contributed by atoms with Gasteiger partial charge in [-0.05, 0) is 110 Å². The first-order chi connectivity index (χ1) is 40.4. The number of amides is 1. The fourth-order valence-electron chi connectivity index (χ4n) is 15.6. The van der Waals surface area contributed by atoms with Gasteiger partial charge in [0.2, 0.25) is 5.78 Å². The molecular weight excluding hydrogens is 1120 g/mol. The molecule has 9 rings (SSSR count). The van der Waals surface area contributed by atoms with E-state index in [1.54, 1.807) is 40.7 Å². The van der Waals surface area contributed by atoms with Gasteiger partial charge in [0.15, 0.2) is 42.6 Å². The summed E-state index contributed by atoms with van der Waals surface area (Å²) < 4.78 is 69.3. The van der Waals surface area contributed by atoms with Crippen molar-refractivity contribution in [1.29, 1.82) is 0 Å². The zero-order valence-electron chi connectivity index (χ0n) is 51.9. The minimum atomic E-state index is -2.06. The first kappa shape index (κ1) is 65.7. The highest BCUT2D eigenvalue weighted by molar-refractivity contribution is 6.26. The van der Waals surface area contributed by atoms with Crippen molar-refractivity contribution in [3.05, 3.63) is 70.6 Å². The van der Waals surface area contributed by atoms with E-state index in [4.69, 9.17) is 57.8 Å². The van der Waals surface area contributed by atoms with Gasteiger partial charge in [-0.25, -0.2) is 9.59 Å². The predicted octanol–water partition coefficient (Wildman–Crippen LogP) is 6.08. The molecule has 5 heterocycles. The number of carbonyl (C=O) groups is 5. The number of ether oxygens (including phenoxy) is 11. The molecule has 5 aliphatic heterocycles. The van der Waals surface area contributed by atoms with Crippen LogP contribution in [-0.2, 0) is 71.3 Å². The summed E-state index contributed by atoms with van der Waals surface area (Å²) in [5.41, 5.74) is 3.68. The number of nitrogens with one attached hydrogen (secondary N) is 1. The van der Waals surface area contributed by atoms with E-state index < -0.39 is 180 Å². The molecule has 1 spiro atoms. The smallest absolute Gasteiger partial charge is 0.407 e. The number of hydrogen-bond donors (Lipinski definition) is 6. The molecule has 7 N–H and O–H groups in total. The van der Waals surface area contributed by atoms with Crippen LogP contribution >= 0.6 is 0 Å². The summed E-state index contributed by atoms with van der Waals surface area (Å²) in [7, 11) is 1.26. The van der Waals surface area contributed by atoms with Crippen LogP contribution in [0.3, 0.4) is 0 Å². The molecule has 0 aromatic rings. The molecular formula is C64H92N2O20. The summed E-state index contributed by atoms with van der Waals surface area (Å²) in [6.07, 6.45) is 1.20. The molecule has 22 nitrogen and oxygen atoms in total. The number of fused-ring (bicyclic) bond motifs is 4. The third-order valence-corrected chi connectivity index (χ3v) is 19.9. The molecule has 5 saturated heterocycles. The number of alkyl carbamates (subject to hydrolysis) is 1. The maximum absolute atomic E-state index is 15.7. The largest absolute Gasteiger partial charge is 0.511 e. The number of esters is 2. The van der Waals surface area contributed by atoms with Gasteiger partial charge in [0.25, 0.3) is 0 Å². The molecule has 0 unspecified atom stereocenters. The van der Waals surface area contributed by atoms with E-state index in [0.29, 0.717) is 30.4 Å². The Morgan fingerprint density at radius 3 is 2.10 bits per heavy atom. The number of aliphatic hydroxyl groups is 4. The monoisotopic (exact) mass is 1210 g/mol. The molecule has 6 fully saturated rings. The van der Waals surface area contributed by atoms with Crippen LogP contribution in [0.2, 0.25) is 0 Å². The van der Waals surface area contributed by atoms with Gasteiger partial charge < -0.3 is 83.6 Å². The van der Waals surface area contributed by atoms with Crippen molar-refractivity contribution in [2.75, 3.05) is 7.11 Å². The van der Waals surface area contributed by atoms with Crippen molar-refractivity contribution in [2.24, 2.45) is 46.7 Å². The van der Waals surface area contributed by atoms with Gasteiger partial charge in [-0.1, -0.05) is 62.8 Å². The number of aliphatic hydroxyl groups excluding tert-OH is 4. The van der Waals surface area contributed by atoms with Gasteiger partial charge in [0.05, 0.1) is 74.0 Å². The average molecular weight is 1210 g/mol. The summed E-state index contributed by atoms with van der Waals surface area (Å²) in [5.74, 6) is -6.02. The minimum absolute atomic E-state index is 0.0839. The van der Waals surface area contributed by atoms with E-state index in [-0.39, 0.29) is 49.7 Å². The highest BCUT2D eigenvalue weighted by Gasteiger charge is 2.65. The Labute approximate surface area is 504 Å². The second-order valence-corrected chi connectivity index (χ2v) is 26.4. The lowest BCUT2D eigenvalue weighted by Crippen LogP contribution is -2.66. The lowest BCUT2D eigenvalue weighted by atomic mass is 9.49. The lowest BCUT2D eigenvalue weighted by molar-refractivity contribution is -0.323. The summed E-state index contributed by atoms with van der Waals surface area (Å²) in [5, 5.41) is 48.9. The second-order valence-electron chi connectivity index (χ2n) is 26.4. The standard InChI is InChI=1S/C64H92N2O20/c1-29-14-19-45(82-51-28-62(11,65)57(37(9)80-51)66-61(75)76-13)30(2)23-42-43(69)24-39(16-15-33(5)67)27-64(42)59(73)52(60(74)86-64)58(72)63(12)41(29)18-17-40-53(63)31(3)22-32(4)55(40)85-50-26-47(56(36(8)79-50)81-38(10)68)84-48-21-20-46(34(6)77-48)83-49-25-44(70)54(71)35(7)78-49/h14-18,23-24,31-32,34-37,40-51,53-57,69-72H,19-22,25-28,65H2,1-13H3,(H,66,75)/b16-15+,29-14-,30-23-,58-52-/t31-,32-,34-,35-,36-,37+,40-,41-,42+,43-,44+,45-,46+,47+,48-,49+,50-,51-,53+,54-,55-,56-,57-,62-,63+,64-/m0/s1. The van der Waals surface area contributed by atoms with Crippen LogP contribution in [0.4, 0.5) is 4.79 Å². The molecule has 1 amide bonds. The molecule has 1 saturated carbocycles. The number of methoxy groups -OCH3 is 1. The van der Waals surface area contributed by atoms with Crippen LogP contribution in [0.15, 0.2) is 70.6 Å². The predicted molar refractivity (Wildman–Crippen MR) is 308 cm³/mol. The van der Waals surface area contributed by atoms with Crippen LogP contribution < -0.4 is 11.1 Å².